The molecule has 0 aliphatic heterocycles. The molecule has 4 N–H and O–H groups in total. The van der Waals surface area contributed by atoms with Crippen molar-refractivity contribution in [1.29, 1.82) is 0 Å². The van der Waals surface area contributed by atoms with E-state index in [1.807, 2.05) is 0 Å². The zero-order chi connectivity index (χ0) is 24.3. The van der Waals surface area contributed by atoms with Crippen molar-refractivity contribution in [3.63, 3.8) is 0 Å². The Hall–Kier alpha value is -3.50. The third kappa shape index (κ3) is 5.29. The van der Waals surface area contributed by atoms with Crippen molar-refractivity contribution < 1.29 is 31.9 Å². The number of hydrogen-bond acceptors (Lipinski definition) is 5. The summed E-state index contributed by atoms with van der Waals surface area (Å²) in [6.07, 6.45) is -0.727. The number of carboxylic acids is 1. The van der Waals surface area contributed by atoms with Crippen molar-refractivity contribution in [2.24, 2.45) is 5.73 Å². The number of carbonyl (C=O) groups excluding carboxylic acids is 1. The van der Waals surface area contributed by atoms with E-state index in [0.29, 0.717) is 5.02 Å². The minimum Gasteiger partial charge on any atom is -0.478 e. The molecule has 1 atom stereocenters. The molecular weight excluding hydrogens is 478 g/mol. The zero-order valence-electron chi connectivity index (χ0n) is 16.8. The summed E-state index contributed by atoms with van der Waals surface area (Å²) in [5.74, 6) is -4.38. The number of carbonyl (C=O) groups is 2. The number of amides is 1. The van der Waals surface area contributed by atoms with E-state index in [1.165, 1.54) is 48.5 Å². The van der Waals surface area contributed by atoms with Crippen LogP contribution in [0.15, 0.2) is 65.6 Å². The van der Waals surface area contributed by atoms with Gasteiger partial charge in [0, 0.05) is 10.6 Å². The minimum absolute atomic E-state index is 0.0851. The Morgan fingerprint density at radius 1 is 1.00 bits per heavy atom. The van der Waals surface area contributed by atoms with Crippen LogP contribution >= 0.6 is 11.6 Å². The second-order valence-corrected chi connectivity index (χ2v) is 9.45. The van der Waals surface area contributed by atoms with Gasteiger partial charge in [0.15, 0.2) is 11.2 Å². The van der Waals surface area contributed by atoms with Crippen molar-refractivity contribution >= 4 is 39.0 Å². The summed E-state index contributed by atoms with van der Waals surface area (Å²) in [6, 6.07) is 12.0. The number of rotatable bonds is 8. The lowest BCUT2D eigenvalue weighted by molar-refractivity contribution is -0.117. The molecule has 3 rings (SSSR count). The van der Waals surface area contributed by atoms with E-state index in [1.54, 1.807) is 0 Å². The van der Waals surface area contributed by atoms with Crippen LogP contribution in [0.25, 0.3) is 0 Å². The predicted molar refractivity (Wildman–Crippen MR) is 118 cm³/mol. The number of halogens is 3. The van der Waals surface area contributed by atoms with Crippen molar-refractivity contribution in [2.75, 3.05) is 5.32 Å². The van der Waals surface area contributed by atoms with Crippen molar-refractivity contribution in [3.8, 4) is 0 Å². The summed E-state index contributed by atoms with van der Waals surface area (Å²) in [5.41, 5.74) is 4.06. The number of carboxylic acid groups (broad SMARTS) is 1. The van der Waals surface area contributed by atoms with Gasteiger partial charge in [-0.25, -0.2) is 22.0 Å². The Morgan fingerprint density at radius 2 is 1.61 bits per heavy atom. The normalized spacial score (nSPS) is 12.2. The fraction of sp³-hybridized carbons (Fsp3) is 0.0909. The Labute approximate surface area is 192 Å². The Balaban J connectivity index is 2.13. The Bertz CT molecular complexity index is 1310. The number of benzene rings is 3. The van der Waals surface area contributed by atoms with Gasteiger partial charge in [0.05, 0.1) is 22.6 Å². The standard InChI is InChI=1S/C22H17ClF2N2O5S/c23-14-5-7-15(8-6-14)33(31,32)21(12-1-3-13(4-2-12)22(29)30)27-18-10-9-17(24)16(20(18)25)11-19(26)28/h1-10,21,27H,11H2,(H2,26,28)(H,29,30). The third-order valence-corrected chi connectivity index (χ3v) is 6.93. The molecule has 11 heteroatoms. The zero-order valence-corrected chi connectivity index (χ0v) is 18.3. The molecule has 0 saturated carbocycles. The number of primary amides is 1. The molecule has 0 aromatic heterocycles. The van der Waals surface area contributed by atoms with Crippen LogP contribution in [0.2, 0.25) is 5.02 Å². The first-order chi connectivity index (χ1) is 15.5. The number of sulfone groups is 1. The third-order valence-electron chi connectivity index (χ3n) is 4.74. The van der Waals surface area contributed by atoms with Crippen molar-refractivity contribution in [2.45, 2.75) is 16.7 Å². The summed E-state index contributed by atoms with van der Waals surface area (Å²) in [4.78, 5) is 22.2. The molecule has 33 heavy (non-hydrogen) atoms. The van der Waals surface area contributed by atoms with Gasteiger partial charge in [-0.15, -0.1) is 0 Å². The summed E-state index contributed by atoms with van der Waals surface area (Å²) in [7, 11) is -4.23. The average molecular weight is 495 g/mol. The second-order valence-electron chi connectivity index (χ2n) is 6.98. The molecule has 1 amide bonds. The first kappa shape index (κ1) is 24.1. The maximum absolute atomic E-state index is 15.0. The number of nitrogens with two attached hydrogens (primary N) is 1. The lowest BCUT2D eigenvalue weighted by Gasteiger charge is -2.22. The van der Waals surface area contributed by atoms with E-state index in [9.17, 15) is 26.8 Å². The van der Waals surface area contributed by atoms with Crippen LogP contribution < -0.4 is 11.1 Å². The summed E-state index contributed by atoms with van der Waals surface area (Å²) in [6.45, 7) is 0. The predicted octanol–water partition coefficient (Wildman–Crippen LogP) is 3.93. The van der Waals surface area contributed by atoms with Crippen LogP contribution in [0.5, 0.6) is 0 Å². The summed E-state index contributed by atoms with van der Waals surface area (Å²) in [5, 5.41) is 10.4. The van der Waals surface area contributed by atoms with E-state index in [4.69, 9.17) is 22.4 Å². The van der Waals surface area contributed by atoms with Gasteiger partial charge in [-0.1, -0.05) is 23.7 Å². The van der Waals surface area contributed by atoms with Gasteiger partial charge in [-0.05, 0) is 54.1 Å². The molecule has 3 aromatic rings. The number of nitrogens with one attached hydrogen (secondary N) is 1. The van der Waals surface area contributed by atoms with Crippen LogP contribution in [-0.2, 0) is 21.1 Å². The molecule has 0 radical (unpaired) electrons. The number of anilines is 1. The van der Waals surface area contributed by atoms with E-state index >= 15 is 0 Å². The largest absolute Gasteiger partial charge is 0.478 e. The maximum Gasteiger partial charge on any atom is 0.335 e. The smallest absolute Gasteiger partial charge is 0.335 e. The fourth-order valence-corrected chi connectivity index (χ4v) is 4.80. The fourth-order valence-electron chi connectivity index (χ4n) is 3.09. The van der Waals surface area contributed by atoms with Crippen LogP contribution in [0.3, 0.4) is 0 Å². The van der Waals surface area contributed by atoms with E-state index in [0.717, 1.165) is 12.1 Å². The van der Waals surface area contributed by atoms with Crippen LogP contribution in [0.4, 0.5) is 14.5 Å². The molecule has 0 spiro atoms. The van der Waals surface area contributed by atoms with Crippen LogP contribution in [0, 0.1) is 11.6 Å². The molecule has 0 aliphatic carbocycles. The quantitative estimate of drug-likeness (QED) is 0.435. The van der Waals surface area contributed by atoms with Gasteiger partial charge >= 0.3 is 5.97 Å². The lowest BCUT2D eigenvalue weighted by Crippen LogP contribution is -2.23. The molecule has 0 fully saturated rings. The van der Waals surface area contributed by atoms with Crippen LogP contribution in [-0.4, -0.2) is 25.4 Å². The van der Waals surface area contributed by atoms with E-state index < -0.39 is 56.4 Å². The highest BCUT2D eigenvalue weighted by atomic mass is 35.5. The molecule has 172 valence electrons. The summed E-state index contributed by atoms with van der Waals surface area (Å²) >= 11 is 5.84. The summed E-state index contributed by atoms with van der Waals surface area (Å²) < 4.78 is 55.9. The molecule has 0 heterocycles. The highest BCUT2D eigenvalue weighted by Gasteiger charge is 2.31. The monoisotopic (exact) mass is 494 g/mol. The van der Waals surface area contributed by atoms with Gasteiger partial charge in [0.25, 0.3) is 0 Å². The Kier molecular flexibility index (Phi) is 6.99. The molecule has 1 unspecified atom stereocenters. The second kappa shape index (κ2) is 9.55. The minimum atomic E-state index is -4.23. The molecule has 7 nitrogen and oxygen atoms in total. The highest BCUT2D eigenvalue weighted by Crippen LogP contribution is 2.33. The molecule has 0 aliphatic rings. The van der Waals surface area contributed by atoms with Gasteiger partial charge in [-0.2, -0.15) is 0 Å². The average Bonchev–Trinajstić information content (AvgIpc) is 2.76. The number of hydrogen-bond donors (Lipinski definition) is 3. The molecular formula is C22H17ClF2N2O5S. The van der Waals surface area contributed by atoms with Gasteiger partial charge in [0.1, 0.15) is 5.82 Å². The topological polar surface area (TPSA) is 127 Å². The van der Waals surface area contributed by atoms with Gasteiger partial charge < -0.3 is 16.2 Å². The van der Waals surface area contributed by atoms with Crippen molar-refractivity contribution in [3.05, 3.63) is 94.0 Å². The SMILES string of the molecule is NC(=O)Cc1c(F)ccc(NC(c2ccc(C(=O)O)cc2)S(=O)(=O)c2ccc(Cl)cc2)c1F. The lowest BCUT2D eigenvalue weighted by atomic mass is 10.1. The van der Waals surface area contributed by atoms with Crippen molar-refractivity contribution in [1.82, 2.24) is 0 Å². The first-order valence-corrected chi connectivity index (χ1v) is 11.3. The van der Waals surface area contributed by atoms with Gasteiger partial charge in [-0.3, -0.25) is 4.79 Å². The van der Waals surface area contributed by atoms with E-state index in [2.05, 4.69) is 5.32 Å². The van der Waals surface area contributed by atoms with Gasteiger partial charge in [0.2, 0.25) is 15.7 Å². The first-order valence-electron chi connectivity index (χ1n) is 9.35. The molecule has 3 aromatic carbocycles. The Morgan fingerprint density at radius 3 is 2.15 bits per heavy atom. The molecule has 0 saturated heterocycles. The maximum atomic E-state index is 15.0. The molecule has 0 bridgehead atoms. The van der Waals surface area contributed by atoms with E-state index in [-0.39, 0.29) is 16.0 Å². The van der Waals surface area contributed by atoms with Crippen LogP contribution in [0.1, 0.15) is 26.9 Å². The number of aromatic carboxylic acids is 1. The highest BCUT2D eigenvalue weighted by molar-refractivity contribution is 7.91.